The van der Waals surface area contributed by atoms with Gasteiger partial charge in [0.15, 0.2) is 0 Å². The highest BCUT2D eigenvalue weighted by molar-refractivity contribution is 5.83. The van der Waals surface area contributed by atoms with E-state index in [1.807, 2.05) is 0 Å². The van der Waals surface area contributed by atoms with Gasteiger partial charge >= 0.3 is 0 Å². The van der Waals surface area contributed by atoms with Crippen LogP contribution in [0, 0.1) is 10.1 Å². The Balaban J connectivity index is 2.02. The zero-order chi connectivity index (χ0) is 18.2. The second kappa shape index (κ2) is 8.69. The Labute approximate surface area is 144 Å². The van der Waals surface area contributed by atoms with Crippen LogP contribution in [0.2, 0.25) is 0 Å². The fourth-order valence-corrected chi connectivity index (χ4v) is 2.17. The Morgan fingerprint density at radius 3 is 2.76 bits per heavy atom. The summed E-state index contributed by atoms with van der Waals surface area (Å²) in [5, 5.41) is 25.7. The summed E-state index contributed by atoms with van der Waals surface area (Å²) in [6.07, 6.45) is 1.54. The largest absolute Gasteiger partial charge is 0.467 e. The van der Waals surface area contributed by atoms with Gasteiger partial charge in [0.25, 0.3) is 5.69 Å². The first-order valence-corrected chi connectivity index (χ1v) is 7.64. The number of nitrogens with zero attached hydrogens (tertiary/aromatic N) is 2. The maximum atomic E-state index is 12.2. The van der Waals surface area contributed by atoms with Gasteiger partial charge in [0.2, 0.25) is 5.91 Å². The molecule has 1 aromatic heterocycles. The topological polar surface area (TPSA) is 121 Å². The van der Waals surface area contributed by atoms with Crippen LogP contribution >= 0.6 is 0 Å². The molecule has 2 aromatic rings. The zero-order valence-electron chi connectivity index (χ0n) is 13.8. The number of nitrogens with one attached hydrogen (secondary N) is 2. The van der Waals surface area contributed by atoms with Gasteiger partial charge in [-0.05, 0) is 18.2 Å². The maximum Gasteiger partial charge on any atom is 0.271 e. The number of amides is 1. The first kappa shape index (κ1) is 18.3. The van der Waals surface area contributed by atoms with Gasteiger partial charge in [-0.15, -0.1) is 0 Å². The van der Waals surface area contributed by atoms with Crippen molar-refractivity contribution in [3.63, 3.8) is 0 Å². The number of nitro groups is 1. The third-order valence-electron chi connectivity index (χ3n) is 3.47. The number of likely N-dealkylation sites (N-methyl/N-ethyl adjacent to an activating group) is 1. The van der Waals surface area contributed by atoms with E-state index in [2.05, 4.69) is 10.6 Å². The SMILES string of the molecule is CN(Cc1ccco1)C(=O)CNc1cc([N+](=O)[O-])ccc1NCCO. The van der Waals surface area contributed by atoms with Gasteiger partial charge in [0, 0.05) is 25.7 Å². The summed E-state index contributed by atoms with van der Waals surface area (Å²) in [7, 11) is 1.64. The summed E-state index contributed by atoms with van der Waals surface area (Å²) < 4.78 is 5.20. The number of non-ortho nitro benzene ring substituents is 1. The van der Waals surface area contributed by atoms with E-state index >= 15 is 0 Å². The van der Waals surface area contributed by atoms with Crippen LogP contribution < -0.4 is 10.6 Å². The van der Waals surface area contributed by atoms with Crippen molar-refractivity contribution in [2.45, 2.75) is 6.54 Å². The lowest BCUT2D eigenvalue weighted by atomic mass is 10.2. The summed E-state index contributed by atoms with van der Waals surface area (Å²) >= 11 is 0. The van der Waals surface area contributed by atoms with Gasteiger partial charge in [-0.2, -0.15) is 0 Å². The van der Waals surface area contributed by atoms with Gasteiger partial charge in [-0.25, -0.2) is 0 Å². The summed E-state index contributed by atoms with van der Waals surface area (Å²) in [4.78, 5) is 24.1. The predicted octanol–water partition coefficient (Wildman–Crippen LogP) is 1.66. The molecule has 0 atom stereocenters. The van der Waals surface area contributed by atoms with Gasteiger partial charge in [-0.3, -0.25) is 14.9 Å². The Morgan fingerprint density at radius 2 is 2.12 bits per heavy atom. The van der Waals surface area contributed by atoms with E-state index in [0.717, 1.165) is 0 Å². The first-order valence-electron chi connectivity index (χ1n) is 7.64. The van der Waals surface area contributed by atoms with Crippen molar-refractivity contribution in [3.05, 3.63) is 52.5 Å². The normalized spacial score (nSPS) is 10.3. The molecule has 1 aromatic carbocycles. The lowest BCUT2D eigenvalue weighted by Crippen LogP contribution is -2.31. The van der Waals surface area contributed by atoms with Gasteiger partial charge in [0.1, 0.15) is 5.76 Å². The predicted molar refractivity (Wildman–Crippen MR) is 92.3 cm³/mol. The highest BCUT2D eigenvalue weighted by atomic mass is 16.6. The van der Waals surface area contributed by atoms with Crippen molar-refractivity contribution in [2.24, 2.45) is 0 Å². The van der Waals surface area contributed by atoms with Crippen molar-refractivity contribution in [2.75, 3.05) is 37.4 Å². The minimum atomic E-state index is -0.508. The Kier molecular flexibility index (Phi) is 6.35. The Bertz CT molecular complexity index is 717. The zero-order valence-corrected chi connectivity index (χ0v) is 13.8. The van der Waals surface area contributed by atoms with Crippen molar-refractivity contribution in [1.29, 1.82) is 0 Å². The maximum absolute atomic E-state index is 12.2. The van der Waals surface area contributed by atoms with Crippen molar-refractivity contribution in [1.82, 2.24) is 4.90 Å². The second-order valence-corrected chi connectivity index (χ2v) is 5.32. The molecule has 0 saturated carbocycles. The van der Waals surface area contributed by atoms with E-state index in [0.29, 0.717) is 30.2 Å². The van der Waals surface area contributed by atoms with Crippen molar-refractivity contribution in [3.8, 4) is 0 Å². The van der Waals surface area contributed by atoms with E-state index in [9.17, 15) is 14.9 Å². The van der Waals surface area contributed by atoms with Gasteiger partial charge < -0.3 is 25.1 Å². The summed E-state index contributed by atoms with van der Waals surface area (Å²) in [5.74, 6) is 0.465. The van der Waals surface area contributed by atoms with E-state index in [-0.39, 0.29) is 24.7 Å². The molecule has 1 heterocycles. The third kappa shape index (κ3) is 5.21. The Morgan fingerprint density at radius 1 is 1.32 bits per heavy atom. The number of benzene rings is 1. The molecule has 0 fully saturated rings. The van der Waals surface area contributed by atoms with Crippen LogP contribution in [-0.4, -0.2) is 47.6 Å². The fourth-order valence-electron chi connectivity index (χ4n) is 2.17. The number of anilines is 2. The molecule has 0 aliphatic heterocycles. The molecule has 9 heteroatoms. The number of rotatable bonds is 9. The standard InChI is InChI=1S/C16H20N4O5/c1-19(11-13-3-2-8-25-13)16(22)10-18-15-9-12(20(23)24)4-5-14(15)17-6-7-21/h2-5,8-9,17-18,21H,6-7,10-11H2,1H3. The number of aliphatic hydroxyl groups excluding tert-OH is 1. The van der Waals surface area contributed by atoms with E-state index in [1.54, 1.807) is 19.2 Å². The number of hydrogen-bond acceptors (Lipinski definition) is 7. The quantitative estimate of drug-likeness (QED) is 0.465. The number of carbonyl (C=O) groups is 1. The Hall–Kier alpha value is -3.07. The molecule has 0 spiro atoms. The molecule has 1 amide bonds. The van der Waals surface area contributed by atoms with E-state index < -0.39 is 4.92 Å². The van der Waals surface area contributed by atoms with Crippen LogP contribution in [0.5, 0.6) is 0 Å². The lowest BCUT2D eigenvalue weighted by Gasteiger charge is -2.18. The molecule has 0 saturated heterocycles. The van der Waals surface area contributed by atoms with Crippen LogP contribution in [0.3, 0.4) is 0 Å². The summed E-state index contributed by atoms with van der Waals surface area (Å²) in [5.41, 5.74) is 0.900. The van der Waals surface area contributed by atoms with Gasteiger partial charge in [0.05, 0.1) is 42.3 Å². The van der Waals surface area contributed by atoms with Crippen LogP contribution in [0.25, 0.3) is 0 Å². The average Bonchev–Trinajstić information content (AvgIpc) is 3.10. The molecular weight excluding hydrogens is 328 g/mol. The first-order chi connectivity index (χ1) is 12.0. The molecule has 134 valence electrons. The monoisotopic (exact) mass is 348 g/mol. The lowest BCUT2D eigenvalue weighted by molar-refractivity contribution is -0.384. The molecule has 0 aliphatic rings. The number of aliphatic hydroxyl groups is 1. The molecule has 0 bridgehead atoms. The van der Waals surface area contributed by atoms with Crippen LogP contribution in [0.4, 0.5) is 17.1 Å². The highest BCUT2D eigenvalue weighted by Gasteiger charge is 2.14. The van der Waals surface area contributed by atoms with Crippen LogP contribution in [-0.2, 0) is 11.3 Å². The van der Waals surface area contributed by atoms with Crippen molar-refractivity contribution >= 4 is 23.0 Å². The average molecular weight is 348 g/mol. The molecular formula is C16H20N4O5. The highest BCUT2D eigenvalue weighted by Crippen LogP contribution is 2.26. The summed E-state index contributed by atoms with van der Waals surface area (Å²) in [6.45, 7) is 0.504. The minimum absolute atomic E-state index is 0.0355. The number of nitro benzene ring substituents is 1. The number of hydrogen-bond donors (Lipinski definition) is 3. The number of furan rings is 1. The molecule has 9 nitrogen and oxygen atoms in total. The van der Waals surface area contributed by atoms with Crippen molar-refractivity contribution < 1.29 is 19.2 Å². The van der Waals surface area contributed by atoms with E-state index in [1.165, 1.54) is 29.4 Å². The van der Waals surface area contributed by atoms with Crippen LogP contribution in [0.1, 0.15) is 5.76 Å². The summed E-state index contributed by atoms with van der Waals surface area (Å²) in [6, 6.07) is 7.76. The van der Waals surface area contributed by atoms with E-state index in [4.69, 9.17) is 9.52 Å². The second-order valence-electron chi connectivity index (χ2n) is 5.32. The van der Waals surface area contributed by atoms with Crippen LogP contribution in [0.15, 0.2) is 41.0 Å². The molecule has 0 radical (unpaired) electrons. The molecule has 0 aliphatic carbocycles. The smallest absolute Gasteiger partial charge is 0.271 e. The van der Waals surface area contributed by atoms with Gasteiger partial charge in [-0.1, -0.05) is 0 Å². The molecule has 2 rings (SSSR count). The minimum Gasteiger partial charge on any atom is -0.467 e. The molecule has 25 heavy (non-hydrogen) atoms. The molecule has 3 N–H and O–H groups in total. The number of carbonyl (C=O) groups excluding carboxylic acids is 1. The third-order valence-corrected chi connectivity index (χ3v) is 3.47. The molecule has 0 unspecified atom stereocenters. The fraction of sp³-hybridized carbons (Fsp3) is 0.312.